The largest absolute Gasteiger partial charge is 0.300 e. The number of nitrogens with zero attached hydrogens (tertiary/aromatic N) is 1. The summed E-state index contributed by atoms with van der Waals surface area (Å²) in [5.41, 5.74) is 3.14. The Hall–Kier alpha value is -0.340. The quantitative estimate of drug-likeness (QED) is 0.762. The highest BCUT2D eigenvalue weighted by atomic mass is 79.9. The average molecular weight is 280 g/mol. The monoisotopic (exact) mass is 279 g/mol. The van der Waals surface area contributed by atoms with Crippen molar-refractivity contribution in [1.29, 1.82) is 0 Å². The second-order valence-electron chi connectivity index (χ2n) is 5.05. The molecule has 1 aromatic carbocycles. The van der Waals surface area contributed by atoms with E-state index in [1.165, 1.54) is 49.7 Å². The molecular formula is C14H18BrN. The van der Waals surface area contributed by atoms with Gasteiger partial charge in [-0.3, -0.25) is 0 Å². The standard InChI is InChI=1S/C14H18BrN/c15-13-5-3-11-4-6-14(10-12(11)9-13)16-7-1-2-8-16/h3,5,9,14H,1-2,4,6-8,10H2. The van der Waals surface area contributed by atoms with E-state index in [0.29, 0.717) is 0 Å². The fourth-order valence-corrected chi connectivity index (χ4v) is 3.53. The molecule has 1 heterocycles. The van der Waals surface area contributed by atoms with E-state index in [0.717, 1.165) is 6.04 Å². The number of benzene rings is 1. The summed E-state index contributed by atoms with van der Waals surface area (Å²) in [6.45, 7) is 2.65. The first-order valence-corrected chi connectivity index (χ1v) is 7.13. The molecular weight excluding hydrogens is 262 g/mol. The summed E-state index contributed by atoms with van der Waals surface area (Å²) in [6.07, 6.45) is 6.69. The Morgan fingerprint density at radius 1 is 1.12 bits per heavy atom. The van der Waals surface area contributed by atoms with Gasteiger partial charge in [-0.2, -0.15) is 0 Å². The van der Waals surface area contributed by atoms with Crippen LogP contribution in [0.3, 0.4) is 0 Å². The van der Waals surface area contributed by atoms with Gasteiger partial charge in [-0.1, -0.05) is 22.0 Å². The van der Waals surface area contributed by atoms with Crippen LogP contribution in [0.25, 0.3) is 0 Å². The fourth-order valence-electron chi connectivity index (χ4n) is 3.12. The van der Waals surface area contributed by atoms with Gasteiger partial charge in [0.15, 0.2) is 0 Å². The molecule has 2 aliphatic rings. The highest BCUT2D eigenvalue weighted by molar-refractivity contribution is 9.10. The molecule has 1 nitrogen and oxygen atoms in total. The van der Waals surface area contributed by atoms with Crippen LogP contribution in [0.2, 0.25) is 0 Å². The number of hydrogen-bond acceptors (Lipinski definition) is 1. The smallest absolute Gasteiger partial charge is 0.0178 e. The summed E-state index contributed by atoms with van der Waals surface area (Å²) in [5, 5.41) is 0. The zero-order chi connectivity index (χ0) is 11.0. The third kappa shape index (κ3) is 2.05. The normalized spacial score (nSPS) is 25.7. The Labute approximate surface area is 106 Å². The lowest BCUT2D eigenvalue weighted by atomic mass is 9.88. The van der Waals surface area contributed by atoms with Crippen molar-refractivity contribution in [2.24, 2.45) is 0 Å². The summed E-state index contributed by atoms with van der Waals surface area (Å²) in [7, 11) is 0. The van der Waals surface area contributed by atoms with Crippen molar-refractivity contribution in [3.63, 3.8) is 0 Å². The zero-order valence-electron chi connectivity index (χ0n) is 9.58. The van der Waals surface area contributed by atoms with Gasteiger partial charge < -0.3 is 4.90 Å². The highest BCUT2D eigenvalue weighted by Gasteiger charge is 2.25. The van der Waals surface area contributed by atoms with Gasteiger partial charge in [0.1, 0.15) is 0 Å². The van der Waals surface area contributed by atoms with Crippen molar-refractivity contribution in [3.8, 4) is 0 Å². The topological polar surface area (TPSA) is 3.24 Å². The molecule has 0 spiro atoms. The SMILES string of the molecule is Brc1ccc2c(c1)CC(N1CCCC1)CC2. The van der Waals surface area contributed by atoms with E-state index in [2.05, 4.69) is 39.0 Å². The molecule has 1 atom stereocenters. The Morgan fingerprint density at radius 3 is 2.75 bits per heavy atom. The molecule has 1 fully saturated rings. The maximum atomic E-state index is 3.58. The molecule has 0 bridgehead atoms. The fraction of sp³-hybridized carbons (Fsp3) is 0.571. The van der Waals surface area contributed by atoms with Crippen LogP contribution in [0.4, 0.5) is 0 Å². The molecule has 0 aromatic heterocycles. The minimum atomic E-state index is 0.810. The van der Waals surface area contributed by atoms with Gasteiger partial charge in [0.2, 0.25) is 0 Å². The van der Waals surface area contributed by atoms with Crippen molar-refractivity contribution >= 4 is 15.9 Å². The first-order valence-electron chi connectivity index (χ1n) is 6.34. The molecule has 86 valence electrons. The number of rotatable bonds is 1. The van der Waals surface area contributed by atoms with Gasteiger partial charge in [0.05, 0.1) is 0 Å². The minimum Gasteiger partial charge on any atom is -0.300 e. The Balaban J connectivity index is 1.79. The number of aryl methyl sites for hydroxylation is 1. The summed E-state index contributed by atoms with van der Waals surface area (Å²) in [4.78, 5) is 2.70. The number of hydrogen-bond donors (Lipinski definition) is 0. The summed E-state index contributed by atoms with van der Waals surface area (Å²) < 4.78 is 1.23. The lowest BCUT2D eigenvalue weighted by molar-refractivity contribution is 0.222. The number of fused-ring (bicyclic) bond motifs is 1. The number of halogens is 1. The van der Waals surface area contributed by atoms with Crippen LogP contribution in [0.5, 0.6) is 0 Å². The third-order valence-electron chi connectivity index (χ3n) is 4.03. The molecule has 0 saturated carbocycles. The lowest BCUT2D eigenvalue weighted by Crippen LogP contribution is -2.37. The molecule has 1 aliphatic heterocycles. The molecule has 1 aromatic rings. The van der Waals surface area contributed by atoms with E-state index >= 15 is 0 Å². The van der Waals surface area contributed by atoms with Gasteiger partial charge in [-0.15, -0.1) is 0 Å². The molecule has 16 heavy (non-hydrogen) atoms. The van der Waals surface area contributed by atoms with Gasteiger partial charge in [0, 0.05) is 10.5 Å². The van der Waals surface area contributed by atoms with Crippen molar-refractivity contribution in [1.82, 2.24) is 4.90 Å². The van der Waals surface area contributed by atoms with Crippen LogP contribution in [0.15, 0.2) is 22.7 Å². The molecule has 0 N–H and O–H groups in total. The first kappa shape index (κ1) is 10.8. The van der Waals surface area contributed by atoms with Gasteiger partial charge in [-0.25, -0.2) is 0 Å². The van der Waals surface area contributed by atoms with E-state index in [9.17, 15) is 0 Å². The van der Waals surface area contributed by atoms with Crippen LogP contribution >= 0.6 is 15.9 Å². The third-order valence-corrected chi connectivity index (χ3v) is 4.52. The average Bonchev–Trinajstić information content (AvgIpc) is 2.81. The van der Waals surface area contributed by atoms with Crippen molar-refractivity contribution in [2.75, 3.05) is 13.1 Å². The predicted octanol–water partition coefficient (Wildman–Crippen LogP) is 3.40. The van der Waals surface area contributed by atoms with Crippen LogP contribution in [-0.4, -0.2) is 24.0 Å². The Bertz CT molecular complexity index is 382. The Kier molecular flexibility index (Phi) is 3.03. The van der Waals surface area contributed by atoms with E-state index in [4.69, 9.17) is 0 Å². The molecule has 0 amide bonds. The van der Waals surface area contributed by atoms with E-state index < -0.39 is 0 Å². The highest BCUT2D eigenvalue weighted by Crippen LogP contribution is 2.28. The van der Waals surface area contributed by atoms with Crippen molar-refractivity contribution in [3.05, 3.63) is 33.8 Å². The number of likely N-dealkylation sites (tertiary alicyclic amines) is 1. The molecule has 1 saturated heterocycles. The van der Waals surface area contributed by atoms with E-state index in [-0.39, 0.29) is 0 Å². The summed E-state index contributed by atoms with van der Waals surface area (Å²) in [5.74, 6) is 0. The van der Waals surface area contributed by atoms with Crippen molar-refractivity contribution in [2.45, 2.75) is 38.1 Å². The van der Waals surface area contributed by atoms with Crippen molar-refractivity contribution < 1.29 is 0 Å². The first-order chi connectivity index (χ1) is 7.83. The van der Waals surface area contributed by atoms with Gasteiger partial charge in [0.25, 0.3) is 0 Å². The van der Waals surface area contributed by atoms with Gasteiger partial charge >= 0.3 is 0 Å². The maximum Gasteiger partial charge on any atom is 0.0178 e. The second-order valence-corrected chi connectivity index (χ2v) is 5.97. The Morgan fingerprint density at radius 2 is 1.94 bits per heavy atom. The van der Waals surface area contributed by atoms with Gasteiger partial charge in [-0.05, 0) is 68.5 Å². The minimum absolute atomic E-state index is 0.810. The second kappa shape index (κ2) is 4.50. The van der Waals surface area contributed by atoms with E-state index in [1.54, 1.807) is 11.1 Å². The lowest BCUT2D eigenvalue weighted by Gasteiger charge is -2.32. The molecule has 2 heteroatoms. The van der Waals surface area contributed by atoms with Crippen LogP contribution in [0, 0.1) is 0 Å². The van der Waals surface area contributed by atoms with Crippen LogP contribution in [-0.2, 0) is 12.8 Å². The molecule has 3 rings (SSSR count). The maximum absolute atomic E-state index is 3.58. The van der Waals surface area contributed by atoms with E-state index in [1.807, 2.05) is 0 Å². The molecule has 0 radical (unpaired) electrons. The molecule has 1 aliphatic carbocycles. The predicted molar refractivity (Wildman–Crippen MR) is 70.8 cm³/mol. The summed E-state index contributed by atoms with van der Waals surface area (Å²) in [6, 6.07) is 7.59. The van der Waals surface area contributed by atoms with Crippen LogP contribution in [0.1, 0.15) is 30.4 Å². The van der Waals surface area contributed by atoms with Crippen LogP contribution < -0.4 is 0 Å². The zero-order valence-corrected chi connectivity index (χ0v) is 11.2. The molecule has 1 unspecified atom stereocenters. The summed E-state index contributed by atoms with van der Waals surface area (Å²) >= 11 is 3.58.